The predicted molar refractivity (Wildman–Crippen MR) is 75.5 cm³/mol. The van der Waals surface area contributed by atoms with Crippen molar-refractivity contribution < 1.29 is 14.3 Å². The van der Waals surface area contributed by atoms with Gasteiger partial charge in [-0.15, -0.1) is 11.8 Å². The van der Waals surface area contributed by atoms with Gasteiger partial charge in [-0.1, -0.05) is 6.07 Å². The van der Waals surface area contributed by atoms with E-state index in [9.17, 15) is 4.79 Å². The minimum atomic E-state index is -1.06. The van der Waals surface area contributed by atoms with E-state index in [4.69, 9.17) is 15.3 Å². The van der Waals surface area contributed by atoms with E-state index >= 15 is 0 Å². The average molecular weight is 277 g/mol. The van der Waals surface area contributed by atoms with Crippen LogP contribution in [0.15, 0.2) is 39.6 Å². The van der Waals surface area contributed by atoms with Gasteiger partial charge in [-0.3, -0.25) is 0 Å². The lowest BCUT2D eigenvalue weighted by Crippen LogP contribution is -1.93. The van der Waals surface area contributed by atoms with Crippen molar-refractivity contribution in [2.24, 2.45) is 0 Å². The first-order valence-corrected chi connectivity index (χ1v) is 6.71. The molecule has 1 heterocycles. The molecule has 0 aliphatic carbocycles. The standard InChI is InChI=1S/C14H15NO3S/c1-8-3-4-10(15)13(7-8)19-9(2)11-5-6-12(18-11)14(16)17/h3-7,9H,15H2,1-2H3,(H,16,17). The van der Waals surface area contributed by atoms with Crippen LogP contribution in [-0.4, -0.2) is 11.1 Å². The Balaban J connectivity index is 2.17. The Morgan fingerprint density at radius 3 is 2.74 bits per heavy atom. The number of benzene rings is 1. The largest absolute Gasteiger partial charge is 0.475 e. The first-order valence-electron chi connectivity index (χ1n) is 5.83. The van der Waals surface area contributed by atoms with Crippen LogP contribution >= 0.6 is 11.8 Å². The van der Waals surface area contributed by atoms with E-state index in [0.717, 1.165) is 10.5 Å². The van der Waals surface area contributed by atoms with E-state index in [1.807, 2.05) is 32.0 Å². The Labute approximate surface area is 115 Å². The molecule has 5 heteroatoms. The van der Waals surface area contributed by atoms with E-state index in [1.54, 1.807) is 17.8 Å². The second-order valence-corrected chi connectivity index (χ2v) is 5.69. The number of rotatable bonds is 4. The minimum Gasteiger partial charge on any atom is -0.475 e. The topological polar surface area (TPSA) is 76.5 Å². The van der Waals surface area contributed by atoms with E-state index in [0.29, 0.717) is 11.4 Å². The molecule has 1 aromatic carbocycles. The maximum absolute atomic E-state index is 10.8. The van der Waals surface area contributed by atoms with Crippen molar-refractivity contribution in [1.29, 1.82) is 0 Å². The number of aryl methyl sites for hydroxylation is 1. The van der Waals surface area contributed by atoms with E-state index in [-0.39, 0.29) is 11.0 Å². The zero-order chi connectivity index (χ0) is 14.0. The summed E-state index contributed by atoms with van der Waals surface area (Å²) < 4.78 is 5.29. The highest BCUT2D eigenvalue weighted by Crippen LogP contribution is 2.38. The Hall–Kier alpha value is -1.88. The van der Waals surface area contributed by atoms with E-state index in [2.05, 4.69) is 0 Å². The van der Waals surface area contributed by atoms with Crippen molar-refractivity contribution >= 4 is 23.4 Å². The van der Waals surface area contributed by atoms with Gasteiger partial charge in [-0.2, -0.15) is 0 Å². The molecule has 0 saturated heterocycles. The van der Waals surface area contributed by atoms with Gasteiger partial charge in [0.2, 0.25) is 5.76 Å². The van der Waals surface area contributed by atoms with Crippen LogP contribution in [0.4, 0.5) is 5.69 Å². The molecule has 19 heavy (non-hydrogen) atoms. The lowest BCUT2D eigenvalue weighted by atomic mass is 10.2. The highest BCUT2D eigenvalue weighted by molar-refractivity contribution is 7.99. The molecule has 3 N–H and O–H groups in total. The first-order chi connectivity index (χ1) is 8.97. The number of hydrogen-bond donors (Lipinski definition) is 2. The molecule has 0 aliphatic heterocycles. The molecule has 0 spiro atoms. The number of carbonyl (C=O) groups is 1. The van der Waals surface area contributed by atoms with Gasteiger partial charge in [-0.05, 0) is 43.7 Å². The predicted octanol–water partition coefficient (Wildman–Crippen LogP) is 3.72. The van der Waals surface area contributed by atoms with Crippen LogP contribution < -0.4 is 5.73 Å². The van der Waals surface area contributed by atoms with Crippen molar-refractivity contribution in [3.8, 4) is 0 Å². The van der Waals surface area contributed by atoms with Crippen molar-refractivity contribution in [1.82, 2.24) is 0 Å². The number of furan rings is 1. The van der Waals surface area contributed by atoms with Crippen LogP contribution in [0.1, 0.15) is 34.1 Å². The number of anilines is 1. The van der Waals surface area contributed by atoms with Crippen LogP contribution in [-0.2, 0) is 0 Å². The summed E-state index contributed by atoms with van der Waals surface area (Å²) >= 11 is 1.55. The number of hydrogen-bond acceptors (Lipinski definition) is 4. The molecule has 4 nitrogen and oxygen atoms in total. The van der Waals surface area contributed by atoms with Gasteiger partial charge >= 0.3 is 5.97 Å². The lowest BCUT2D eigenvalue weighted by molar-refractivity contribution is 0.0660. The molecule has 100 valence electrons. The average Bonchev–Trinajstić information content (AvgIpc) is 2.83. The van der Waals surface area contributed by atoms with Crippen molar-refractivity contribution in [2.75, 3.05) is 5.73 Å². The summed E-state index contributed by atoms with van der Waals surface area (Å²) in [6.07, 6.45) is 0. The van der Waals surface area contributed by atoms with Gasteiger partial charge in [0, 0.05) is 10.6 Å². The Bertz CT molecular complexity index is 606. The van der Waals surface area contributed by atoms with Gasteiger partial charge in [0.25, 0.3) is 0 Å². The molecule has 1 atom stereocenters. The zero-order valence-electron chi connectivity index (χ0n) is 10.7. The van der Waals surface area contributed by atoms with E-state index in [1.165, 1.54) is 6.07 Å². The SMILES string of the molecule is Cc1ccc(N)c(SC(C)c2ccc(C(=O)O)o2)c1. The Kier molecular flexibility index (Phi) is 3.85. The van der Waals surface area contributed by atoms with Crippen LogP contribution in [0.5, 0.6) is 0 Å². The first kappa shape index (κ1) is 13.5. The molecule has 1 unspecified atom stereocenters. The highest BCUT2D eigenvalue weighted by atomic mass is 32.2. The molecule has 2 rings (SSSR count). The zero-order valence-corrected chi connectivity index (χ0v) is 11.5. The summed E-state index contributed by atoms with van der Waals surface area (Å²) in [6.45, 7) is 3.96. The number of thioether (sulfide) groups is 1. The summed E-state index contributed by atoms with van der Waals surface area (Å²) in [6, 6.07) is 8.99. The van der Waals surface area contributed by atoms with Crippen molar-refractivity contribution in [2.45, 2.75) is 24.0 Å². The molecule has 1 aromatic heterocycles. The van der Waals surface area contributed by atoms with Gasteiger partial charge < -0.3 is 15.3 Å². The molecule has 0 aliphatic rings. The quantitative estimate of drug-likeness (QED) is 0.658. The third kappa shape index (κ3) is 3.12. The van der Waals surface area contributed by atoms with Crippen LogP contribution in [0.25, 0.3) is 0 Å². The summed E-state index contributed by atoms with van der Waals surface area (Å²) in [5.74, 6) is -0.471. The van der Waals surface area contributed by atoms with Gasteiger partial charge in [0.15, 0.2) is 0 Å². The maximum Gasteiger partial charge on any atom is 0.371 e. The molecular formula is C14H15NO3S. The van der Waals surface area contributed by atoms with Crippen LogP contribution in [0, 0.1) is 6.92 Å². The normalized spacial score (nSPS) is 12.3. The summed E-state index contributed by atoms with van der Waals surface area (Å²) in [7, 11) is 0. The molecular weight excluding hydrogens is 262 g/mol. The second kappa shape index (κ2) is 5.40. The third-order valence-electron chi connectivity index (χ3n) is 2.71. The van der Waals surface area contributed by atoms with Gasteiger partial charge in [0.05, 0.1) is 5.25 Å². The van der Waals surface area contributed by atoms with Crippen LogP contribution in [0.3, 0.4) is 0 Å². The summed E-state index contributed by atoms with van der Waals surface area (Å²) in [5.41, 5.74) is 7.77. The van der Waals surface area contributed by atoms with E-state index < -0.39 is 5.97 Å². The fraction of sp³-hybridized carbons (Fsp3) is 0.214. The molecule has 0 fully saturated rings. The highest BCUT2D eigenvalue weighted by Gasteiger charge is 2.16. The lowest BCUT2D eigenvalue weighted by Gasteiger charge is -2.11. The second-order valence-electron chi connectivity index (χ2n) is 4.31. The van der Waals surface area contributed by atoms with Gasteiger partial charge in [0.1, 0.15) is 5.76 Å². The maximum atomic E-state index is 10.8. The van der Waals surface area contributed by atoms with Crippen molar-refractivity contribution in [3.05, 3.63) is 47.4 Å². The molecule has 0 radical (unpaired) electrons. The smallest absolute Gasteiger partial charge is 0.371 e. The Morgan fingerprint density at radius 2 is 2.11 bits per heavy atom. The number of nitrogen functional groups attached to an aromatic ring is 1. The summed E-state index contributed by atoms with van der Waals surface area (Å²) in [5, 5.41) is 8.83. The molecule has 0 amide bonds. The Morgan fingerprint density at radius 1 is 1.37 bits per heavy atom. The van der Waals surface area contributed by atoms with Gasteiger partial charge in [-0.25, -0.2) is 4.79 Å². The molecule has 0 bridgehead atoms. The summed E-state index contributed by atoms with van der Waals surface area (Å²) in [4.78, 5) is 11.7. The number of carboxylic acid groups (broad SMARTS) is 1. The third-order valence-corrected chi connectivity index (χ3v) is 3.90. The molecule has 0 saturated carbocycles. The fourth-order valence-corrected chi connectivity index (χ4v) is 2.76. The fourth-order valence-electron chi connectivity index (χ4n) is 1.68. The number of carboxylic acids is 1. The van der Waals surface area contributed by atoms with Crippen molar-refractivity contribution in [3.63, 3.8) is 0 Å². The monoisotopic (exact) mass is 277 g/mol. The van der Waals surface area contributed by atoms with Crippen LogP contribution in [0.2, 0.25) is 0 Å². The minimum absolute atomic E-state index is 0.00259. The number of aromatic carboxylic acids is 1. The molecule has 2 aromatic rings. The number of nitrogens with two attached hydrogens (primary N) is 1.